The molecular weight excluding hydrogens is 639 g/mol. The average molecular weight is 668 g/mol. The molecule has 3 nitrogen and oxygen atoms in total. The van der Waals surface area contributed by atoms with Crippen molar-refractivity contribution in [2.75, 3.05) is 0 Å². The normalized spacial score (nSPS) is 11.5. The number of hydrogen-bond acceptors (Lipinski definition) is 4. The second-order valence-electron chi connectivity index (χ2n) is 12.8. The van der Waals surface area contributed by atoms with E-state index in [9.17, 15) is 0 Å². The zero-order valence-corrected chi connectivity index (χ0v) is 28.3. The van der Waals surface area contributed by atoms with Crippen molar-refractivity contribution in [3.05, 3.63) is 176 Å². The predicted molar refractivity (Wildman–Crippen MR) is 215 cm³/mol. The highest BCUT2D eigenvalue weighted by molar-refractivity contribution is 7.26. The van der Waals surface area contributed by atoms with Crippen LogP contribution in [0.2, 0.25) is 0 Å². The summed E-state index contributed by atoms with van der Waals surface area (Å²) in [7, 11) is 0. The first-order chi connectivity index (χ1) is 25.3. The van der Waals surface area contributed by atoms with Gasteiger partial charge in [-0.25, -0.2) is 15.0 Å². The van der Waals surface area contributed by atoms with E-state index in [4.69, 9.17) is 15.0 Å². The van der Waals surface area contributed by atoms with E-state index in [1.807, 2.05) is 35.6 Å². The first kappa shape index (κ1) is 29.4. The Kier molecular flexibility index (Phi) is 7.00. The minimum atomic E-state index is 0.643. The van der Waals surface area contributed by atoms with Crippen molar-refractivity contribution in [3.63, 3.8) is 0 Å². The molecule has 10 rings (SSSR count). The standard InChI is InChI=1S/C47H29N3S/c1-3-13-30(14-4-1)33-21-9-22-36(27-33)46-48-45(32-15-5-2-6-16-32)49-47(50-46)40-26-11-20-31-19-10-23-37(43(31)40)38-24-12-25-39-41-28-34-17-7-8-18-35(34)29-42(41)51-44(38)39/h1-29H. The molecule has 4 heteroatoms. The van der Waals surface area contributed by atoms with Gasteiger partial charge in [0.1, 0.15) is 0 Å². The molecule has 8 aromatic carbocycles. The molecule has 0 radical (unpaired) electrons. The van der Waals surface area contributed by atoms with Gasteiger partial charge in [-0.15, -0.1) is 11.3 Å². The van der Waals surface area contributed by atoms with Crippen molar-refractivity contribution in [1.82, 2.24) is 15.0 Å². The summed E-state index contributed by atoms with van der Waals surface area (Å²) in [6.07, 6.45) is 0. The van der Waals surface area contributed by atoms with Gasteiger partial charge in [0.05, 0.1) is 0 Å². The van der Waals surface area contributed by atoms with Gasteiger partial charge >= 0.3 is 0 Å². The molecule has 0 saturated carbocycles. The van der Waals surface area contributed by atoms with Crippen LogP contribution in [0.1, 0.15) is 0 Å². The molecule has 0 aliphatic carbocycles. The third kappa shape index (κ3) is 5.16. The lowest BCUT2D eigenvalue weighted by atomic mass is 9.93. The fourth-order valence-electron chi connectivity index (χ4n) is 7.26. The molecule has 0 bridgehead atoms. The zero-order valence-electron chi connectivity index (χ0n) is 27.5. The first-order valence-corrected chi connectivity index (χ1v) is 17.9. The van der Waals surface area contributed by atoms with Crippen LogP contribution in [-0.4, -0.2) is 15.0 Å². The molecule has 10 aromatic rings. The number of nitrogens with zero attached hydrogens (tertiary/aromatic N) is 3. The zero-order chi connectivity index (χ0) is 33.7. The maximum absolute atomic E-state index is 5.23. The largest absolute Gasteiger partial charge is 0.208 e. The molecular formula is C47H29N3S. The van der Waals surface area contributed by atoms with Crippen molar-refractivity contribution in [2.45, 2.75) is 0 Å². The molecule has 0 atom stereocenters. The van der Waals surface area contributed by atoms with Crippen molar-refractivity contribution >= 4 is 53.1 Å². The Balaban J connectivity index is 1.20. The maximum Gasteiger partial charge on any atom is 0.164 e. The van der Waals surface area contributed by atoms with Crippen LogP contribution >= 0.6 is 11.3 Å². The highest BCUT2D eigenvalue weighted by atomic mass is 32.1. The summed E-state index contributed by atoms with van der Waals surface area (Å²) in [6.45, 7) is 0. The second kappa shape index (κ2) is 12.1. The highest BCUT2D eigenvalue weighted by Crippen LogP contribution is 2.44. The number of hydrogen-bond donors (Lipinski definition) is 0. The third-order valence-corrected chi connectivity index (χ3v) is 10.9. The van der Waals surface area contributed by atoms with Crippen molar-refractivity contribution in [1.29, 1.82) is 0 Å². The predicted octanol–water partition coefficient (Wildman–Crippen LogP) is 12.9. The SMILES string of the molecule is c1ccc(-c2cccc(-c3nc(-c4ccccc4)nc(-c4cccc5cccc(-c6cccc7c6sc6cc8ccccc8cc67)c45)n3)c2)cc1. The molecule has 0 saturated heterocycles. The molecule has 2 aromatic heterocycles. The number of aromatic nitrogens is 3. The Bertz CT molecular complexity index is 2910. The van der Waals surface area contributed by atoms with Gasteiger partial charge in [0.25, 0.3) is 0 Å². The van der Waals surface area contributed by atoms with Crippen LogP contribution in [0.4, 0.5) is 0 Å². The second-order valence-corrected chi connectivity index (χ2v) is 13.9. The molecule has 0 unspecified atom stereocenters. The van der Waals surface area contributed by atoms with Crippen LogP contribution in [-0.2, 0) is 0 Å². The summed E-state index contributed by atoms with van der Waals surface area (Å²) in [6, 6.07) is 62.1. The minimum absolute atomic E-state index is 0.643. The molecule has 238 valence electrons. The van der Waals surface area contributed by atoms with Gasteiger partial charge < -0.3 is 0 Å². The van der Waals surface area contributed by atoms with Gasteiger partial charge in [-0.2, -0.15) is 0 Å². The Morgan fingerprint density at radius 2 is 0.882 bits per heavy atom. The first-order valence-electron chi connectivity index (χ1n) is 17.1. The van der Waals surface area contributed by atoms with Crippen LogP contribution in [0.15, 0.2) is 176 Å². The number of thiophene rings is 1. The number of fused-ring (bicyclic) bond motifs is 5. The molecule has 0 fully saturated rings. The monoisotopic (exact) mass is 667 g/mol. The molecule has 0 spiro atoms. The molecule has 0 aliphatic rings. The minimum Gasteiger partial charge on any atom is -0.208 e. The van der Waals surface area contributed by atoms with Gasteiger partial charge in [-0.1, -0.05) is 158 Å². The Morgan fingerprint density at radius 1 is 0.333 bits per heavy atom. The van der Waals surface area contributed by atoms with E-state index in [1.165, 1.54) is 42.1 Å². The topological polar surface area (TPSA) is 38.7 Å². The van der Waals surface area contributed by atoms with Gasteiger partial charge in [0.2, 0.25) is 0 Å². The molecule has 0 amide bonds. The van der Waals surface area contributed by atoms with E-state index >= 15 is 0 Å². The van der Waals surface area contributed by atoms with Gasteiger partial charge in [-0.05, 0) is 51.0 Å². The molecule has 0 aliphatic heterocycles. The summed E-state index contributed by atoms with van der Waals surface area (Å²) < 4.78 is 2.58. The highest BCUT2D eigenvalue weighted by Gasteiger charge is 2.19. The van der Waals surface area contributed by atoms with Gasteiger partial charge in [0.15, 0.2) is 17.5 Å². The van der Waals surface area contributed by atoms with Gasteiger partial charge in [0, 0.05) is 47.8 Å². The van der Waals surface area contributed by atoms with Crippen molar-refractivity contribution in [2.24, 2.45) is 0 Å². The van der Waals surface area contributed by atoms with E-state index < -0.39 is 0 Å². The maximum atomic E-state index is 5.23. The summed E-state index contributed by atoms with van der Waals surface area (Å²) in [4.78, 5) is 15.5. The Labute approximate surface area is 299 Å². The molecule has 2 heterocycles. The van der Waals surface area contributed by atoms with Crippen LogP contribution in [0.3, 0.4) is 0 Å². The van der Waals surface area contributed by atoms with Crippen molar-refractivity contribution < 1.29 is 0 Å². The lowest BCUT2D eigenvalue weighted by Gasteiger charge is -2.14. The Morgan fingerprint density at radius 3 is 1.67 bits per heavy atom. The van der Waals surface area contributed by atoms with E-state index in [1.54, 1.807) is 0 Å². The summed E-state index contributed by atoms with van der Waals surface area (Å²) in [5.41, 5.74) is 7.52. The fraction of sp³-hybridized carbons (Fsp3) is 0. The van der Waals surface area contributed by atoms with E-state index in [2.05, 4.69) is 152 Å². The van der Waals surface area contributed by atoms with Crippen LogP contribution in [0, 0.1) is 0 Å². The summed E-state index contributed by atoms with van der Waals surface area (Å²) in [5.74, 6) is 1.94. The van der Waals surface area contributed by atoms with E-state index in [0.29, 0.717) is 17.5 Å². The quantitative estimate of drug-likeness (QED) is 0.183. The van der Waals surface area contributed by atoms with Crippen LogP contribution in [0.5, 0.6) is 0 Å². The van der Waals surface area contributed by atoms with E-state index in [-0.39, 0.29) is 0 Å². The van der Waals surface area contributed by atoms with Crippen LogP contribution in [0.25, 0.3) is 98.1 Å². The third-order valence-electron chi connectivity index (χ3n) is 9.70. The summed E-state index contributed by atoms with van der Waals surface area (Å²) >= 11 is 1.87. The van der Waals surface area contributed by atoms with Crippen molar-refractivity contribution in [3.8, 4) is 56.4 Å². The Hall–Kier alpha value is -6.49. The summed E-state index contributed by atoms with van der Waals surface area (Å²) in [5, 5.41) is 7.37. The number of rotatable bonds is 5. The average Bonchev–Trinajstić information content (AvgIpc) is 3.57. The number of benzene rings is 8. The van der Waals surface area contributed by atoms with Gasteiger partial charge in [-0.3, -0.25) is 0 Å². The van der Waals surface area contributed by atoms with Crippen LogP contribution < -0.4 is 0 Å². The lowest BCUT2D eigenvalue weighted by molar-refractivity contribution is 1.08. The molecule has 51 heavy (non-hydrogen) atoms. The smallest absolute Gasteiger partial charge is 0.164 e. The molecule has 0 N–H and O–H groups in total. The van der Waals surface area contributed by atoms with E-state index in [0.717, 1.165) is 38.6 Å². The lowest BCUT2D eigenvalue weighted by Crippen LogP contribution is -2.01. The fourth-order valence-corrected chi connectivity index (χ4v) is 8.52.